The maximum Gasteiger partial charge on any atom is 0.199 e. The summed E-state index contributed by atoms with van der Waals surface area (Å²) in [5.41, 5.74) is 1.93. The van der Waals surface area contributed by atoms with E-state index in [4.69, 9.17) is 4.42 Å². The highest BCUT2D eigenvalue weighted by molar-refractivity contribution is 6.09. The van der Waals surface area contributed by atoms with Crippen molar-refractivity contribution in [2.45, 2.75) is 13.8 Å². The molecule has 2 aromatic rings. The van der Waals surface area contributed by atoms with Gasteiger partial charge >= 0.3 is 0 Å². The first-order chi connectivity index (χ1) is 7.59. The Morgan fingerprint density at radius 1 is 1.31 bits per heavy atom. The van der Waals surface area contributed by atoms with Crippen molar-refractivity contribution in [2.24, 2.45) is 0 Å². The van der Waals surface area contributed by atoms with Crippen LogP contribution in [0.15, 0.2) is 35.1 Å². The van der Waals surface area contributed by atoms with Crippen molar-refractivity contribution in [3.63, 3.8) is 0 Å². The lowest BCUT2D eigenvalue weighted by molar-refractivity contribution is 0.103. The Hall–Kier alpha value is -1.90. The van der Waals surface area contributed by atoms with E-state index in [-0.39, 0.29) is 11.3 Å². The first kappa shape index (κ1) is 10.6. The Bertz CT molecular complexity index is 504. The summed E-state index contributed by atoms with van der Waals surface area (Å²) >= 11 is 0. The summed E-state index contributed by atoms with van der Waals surface area (Å²) in [4.78, 5) is 12.0. The van der Waals surface area contributed by atoms with Gasteiger partial charge in [0.15, 0.2) is 5.78 Å². The molecular formula is C13H11FO2. The number of benzene rings is 1. The molecule has 0 saturated heterocycles. The minimum Gasteiger partial charge on any atom is -0.472 e. The summed E-state index contributed by atoms with van der Waals surface area (Å²) in [5, 5.41) is 0. The van der Waals surface area contributed by atoms with E-state index in [9.17, 15) is 9.18 Å². The molecule has 0 spiro atoms. The summed E-state index contributed by atoms with van der Waals surface area (Å²) in [5.74, 6) is -0.826. The molecule has 0 aliphatic heterocycles. The van der Waals surface area contributed by atoms with Gasteiger partial charge in [-0.2, -0.15) is 0 Å². The predicted molar refractivity (Wildman–Crippen MR) is 58.0 cm³/mol. The zero-order chi connectivity index (χ0) is 11.7. The van der Waals surface area contributed by atoms with Gasteiger partial charge in [0.25, 0.3) is 0 Å². The third-order valence-electron chi connectivity index (χ3n) is 2.44. The molecule has 16 heavy (non-hydrogen) atoms. The van der Waals surface area contributed by atoms with Crippen molar-refractivity contribution in [3.8, 4) is 0 Å². The van der Waals surface area contributed by atoms with Crippen LogP contribution in [-0.2, 0) is 0 Å². The molecule has 82 valence electrons. The molecule has 0 radical (unpaired) electrons. The lowest BCUT2D eigenvalue weighted by atomic mass is 9.98. The van der Waals surface area contributed by atoms with E-state index in [1.54, 1.807) is 19.9 Å². The van der Waals surface area contributed by atoms with Gasteiger partial charge < -0.3 is 4.42 Å². The van der Waals surface area contributed by atoms with Gasteiger partial charge in [-0.1, -0.05) is 6.07 Å². The average Bonchev–Trinajstić information content (AvgIpc) is 2.67. The maximum atomic E-state index is 13.7. The lowest BCUT2D eigenvalue weighted by Crippen LogP contribution is -2.06. The number of carbonyl (C=O) groups is 1. The third-order valence-corrected chi connectivity index (χ3v) is 2.44. The number of carbonyl (C=O) groups excluding carboxylic acids is 1. The van der Waals surface area contributed by atoms with Crippen LogP contribution in [0.3, 0.4) is 0 Å². The molecule has 1 heterocycles. The number of hydrogen-bond acceptors (Lipinski definition) is 2. The molecule has 0 aliphatic carbocycles. The van der Waals surface area contributed by atoms with Crippen LogP contribution in [0.1, 0.15) is 27.0 Å². The number of halogens is 1. The van der Waals surface area contributed by atoms with Gasteiger partial charge in [-0.05, 0) is 37.1 Å². The smallest absolute Gasteiger partial charge is 0.199 e. The van der Waals surface area contributed by atoms with Crippen molar-refractivity contribution in [1.82, 2.24) is 0 Å². The fourth-order valence-electron chi connectivity index (χ4n) is 1.74. The highest BCUT2D eigenvalue weighted by Gasteiger charge is 2.17. The van der Waals surface area contributed by atoms with E-state index < -0.39 is 5.82 Å². The average molecular weight is 218 g/mol. The fraction of sp³-hybridized carbons (Fsp3) is 0.154. The van der Waals surface area contributed by atoms with Gasteiger partial charge in [0.1, 0.15) is 12.1 Å². The quantitative estimate of drug-likeness (QED) is 0.724. The molecule has 0 N–H and O–H groups in total. The topological polar surface area (TPSA) is 30.2 Å². The van der Waals surface area contributed by atoms with E-state index in [2.05, 4.69) is 0 Å². The van der Waals surface area contributed by atoms with Gasteiger partial charge in [0.05, 0.1) is 17.4 Å². The van der Waals surface area contributed by atoms with Crippen LogP contribution in [0.25, 0.3) is 0 Å². The Morgan fingerprint density at radius 2 is 2.06 bits per heavy atom. The molecule has 0 amide bonds. The zero-order valence-corrected chi connectivity index (χ0v) is 9.08. The Kier molecular flexibility index (Phi) is 2.60. The molecule has 2 rings (SSSR count). The van der Waals surface area contributed by atoms with Gasteiger partial charge in [-0.3, -0.25) is 4.79 Å². The van der Waals surface area contributed by atoms with E-state index in [0.29, 0.717) is 11.1 Å². The van der Waals surface area contributed by atoms with E-state index in [1.807, 2.05) is 0 Å². The van der Waals surface area contributed by atoms with Crippen molar-refractivity contribution in [3.05, 3.63) is 58.8 Å². The van der Waals surface area contributed by atoms with Crippen molar-refractivity contribution in [1.29, 1.82) is 0 Å². The molecule has 1 aromatic carbocycles. The summed E-state index contributed by atoms with van der Waals surface area (Å²) in [6.45, 7) is 3.52. The Morgan fingerprint density at radius 3 is 2.62 bits per heavy atom. The highest BCUT2D eigenvalue weighted by atomic mass is 19.1. The summed E-state index contributed by atoms with van der Waals surface area (Å²) in [6, 6.07) is 4.68. The Labute approximate surface area is 92.7 Å². The molecule has 0 fully saturated rings. The van der Waals surface area contributed by atoms with Crippen LogP contribution in [0.5, 0.6) is 0 Å². The summed E-state index contributed by atoms with van der Waals surface area (Å²) < 4.78 is 18.5. The largest absolute Gasteiger partial charge is 0.472 e. The third kappa shape index (κ3) is 1.76. The van der Waals surface area contributed by atoms with Crippen molar-refractivity contribution in [2.75, 3.05) is 0 Å². The standard InChI is InChI=1S/C13H11FO2/c1-8-5-9(2)12(11(14)6-8)13(15)10-3-4-16-7-10/h3-7H,1-2H3. The molecular weight excluding hydrogens is 207 g/mol. The minimum atomic E-state index is -0.483. The number of furan rings is 1. The molecule has 0 aliphatic rings. The van der Waals surface area contributed by atoms with Crippen LogP contribution in [0.2, 0.25) is 0 Å². The van der Waals surface area contributed by atoms with E-state index in [0.717, 1.165) is 5.56 Å². The van der Waals surface area contributed by atoms with Crippen LogP contribution >= 0.6 is 0 Å². The zero-order valence-electron chi connectivity index (χ0n) is 9.08. The fourth-order valence-corrected chi connectivity index (χ4v) is 1.74. The second kappa shape index (κ2) is 3.93. The SMILES string of the molecule is Cc1cc(C)c(C(=O)c2ccoc2)c(F)c1. The lowest BCUT2D eigenvalue weighted by Gasteiger charge is -2.06. The monoisotopic (exact) mass is 218 g/mol. The van der Waals surface area contributed by atoms with Gasteiger partial charge in [-0.25, -0.2) is 4.39 Å². The summed E-state index contributed by atoms with van der Waals surface area (Å²) in [6.07, 6.45) is 2.72. The van der Waals surface area contributed by atoms with Crippen LogP contribution in [-0.4, -0.2) is 5.78 Å². The molecule has 1 aromatic heterocycles. The second-order valence-electron chi connectivity index (χ2n) is 3.78. The molecule has 0 bridgehead atoms. The van der Waals surface area contributed by atoms with Crippen molar-refractivity contribution < 1.29 is 13.6 Å². The maximum absolute atomic E-state index is 13.7. The van der Waals surface area contributed by atoms with Crippen LogP contribution in [0.4, 0.5) is 4.39 Å². The highest BCUT2D eigenvalue weighted by Crippen LogP contribution is 2.19. The molecule has 0 atom stereocenters. The summed E-state index contributed by atoms with van der Waals surface area (Å²) in [7, 11) is 0. The number of ketones is 1. The minimum absolute atomic E-state index is 0.118. The first-order valence-electron chi connectivity index (χ1n) is 4.93. The number of hydrogen-bond donors (Lipinski definition) is 0. The van der Waals surface area contributed by atoms with E-state index in [1.165, 1.54) is 24.7 Å². The van der Waals surface area contributed by atoms with Gasteiger partial charge in [0, 0.05) is 0 Å². The number of rotatable bonds is 2. The first-order valence-corrected chi connectivity index (χ1v) is 4.93. The van der Waals surface area contributed by atoms with Gasteiger partial charge in [-0.15, -0.1) is 0 Å². The second-order valence-corrected chi connectivity index (χ2v) is 3.78. The van der Waals surface area contributed by atoms with Crippen molar-refractivity contribution >= 4 is 5.78 Å². The van der Waals surface area contributed by atoms with Gasteiger partial charge in [0.2, 0.25) is 0 Å². The molecule has 2 nitrogen and oxygen atoms in total. The Balaban J connectivity index is 2.53. The molecule has 0 unspecified atom stereocenters. The number of aryl methyl sites for hydroxylation is 2. The van der Waals surface area contributed by atoms with Crippen LogP contribution < -0.4 is 0 Å². The van der Waals surface area contributed by atoms with Crippen LogP contribution in [0, 0.1) is 19.7 Å². The normalized spacial score (nSPS) is 10.4. The predicted octanol–water partition coefficient (Wildman–Crippen LogP) is 3.27. The molecule has 3 heteroatoms. The van der Waals surface area contributed by atoms with E-state index >= 15 is 0 Å². The molecule has 0 saturated carbocycles.